The lowest BCUT2D eigenvalue weighted by Gasteiger charge is -2.35. The van der Waals surface area contributed by atoms with Crippen molar-refractivity contribution < 1.29 is 9.53 Å². The van der Waals surface area contributed by atoms with Gasteiger partial charge in [0.2, 0.25) is 0 Å². The molecule has 0 bridgehead atoms. The van der Waals surface area contributed by atoms with E-state index < -0.39 is 0 Å². The molecule has 1 aliphatic heterocycles. The predicted molar refractivity (Wildman–Crippen MR) is 96.4 cm³/mol. The summed E-state index contributed by atoms with van der Waals surface area (Å²) in [5.41, 5.74) is 2.58. The van der Waals surface area contributed by atoms with E-state index in [2.05, 4.69) is 34.2 Å². The molecule has 1 N–H and O–H groups in total. The van der Waals surface area contributed by atoms with E-state index >= 15 is 0 Å². The summed E-state index contributed by atoms with van der Waals surface area (Å²) in [4.78, 5) is 17.4. The number of aromatic amines is 1. The zero-order valence-electron chi connectivity index (χ0n) is 14.9. The van der Waals surface area contributed by atoms with Gasteiger partial charge in [0.15, 0.2) is 0 Å². The third-order valence-corrected chi connectivity index (χ3v) is 4.68. The lowest BCUT2D eigenvalue weighted by Crippen LogP contribution is -2.48. The SMILES string of the molecule is Cc1[nH]ncc1C(=O)N(Cc1ccccc1)[C@H](C)CN1CCOCC1. The third-order valence-electron chi connectivity index (χ3n) is 4.68. The van der Waals surface area contributed by atoms with Gasteiger partial charge in [0, 0.05) is 37.9 Å². The fraction of sp³-hybridized carbons (Fsp3) is 0.474. The number of carbonyl (C=O) groups excluding carboxylic acids is 1. The van der Waals surface area contributed by atoms with Crippen molar-refractivity contribution in [2.45, 2.75) is 26.4 Å². The predicted octanol–water partition coefficient (Wildman–Crippen LogP) is 2.08. The van der Waals surface area contributed by atoms with Crippen molar-refractivity contribution in [3.63, 3.8) is 0 Å². The first-order valence-electron chi connectivity index (χ1n) is 8.80. The molecule has 1 amide bonds. The summed E-state index contributed by atoms with van der Waals surface area (Å²) in [6.07, 6.45) is 1.62. The van der Waals surface area contributed by atoms with Crippen LogP contribution in [0.4, 0.5) is 0 Å². The minimum atomic E-state index is 0.0239. The maximum Gasteiger partial charge on any atom is 0.257 e. The first kappa shape index (κ1) is 17.6. The topological polar surface area (TPSA) is 61.5 Å². The van der Waals surface area contributed by atoms with Crippen LogP contribution in [0.5, 0.6) is 0 Å². The second kappa shape index (κ2) is 8.27. The highest BCUT2D eigenvalue weighted by molar-refractivity contribution is 5.95. The van der Waals surface area contributed by atoms with Crippen molar-refractivity contribution in [2.24, 2.45) is 0 Å². The number of aryl methyl sites for hydroxylation is 1. The number of ether oxygens (including phenoxy) is 1. The Bertz CT molecular complexity index is 680. The van der Waals surface area contributed by atoms with E-state index in [0.29, 0.717) is 12.1 Å². The Kier molecular flexibility index (Phi) is 5.83. The Morgan fingerprint density at radius 1 is 1.32 bits per heavy atom. The maximum atomic E-state index is 13.1. The van der Waals surface area contributed by atoms with Gasteiger partial charge < -0.3 is 9.64 Å². The Labute approximate surface area is 148 Å². The molecule has 0 spiro atoms. The van der Waals surface area contributed by atoms with E-state index in [-0.39, 0.29) is 11.9 Å². The lowest BCUT2D eigenvalue weighted by molar-refractivity contribution is 0.0228. The minimum Gasteiger partial charge on any atom is -0.379 e. The number of benzene rings is 1. The monoisotopic (exact) mass is 342 g/mol. The molecule has 1 atom stereocenters. The van der Waals surface area contributed by atoms with Gasteiger partial charge in [0.1, 0.15) is 0 Å². The Balaban J connectivity index is 1.77. The second-order valence-electron chi connectivity index (χ2n) is 6.59. The lowest BCUT2D eigenvalue weighted by atomic mass is 10.1. The molecular weight excluding hydrogens is 316 g/mol. The number of rotatable bonds is 6. The molecule has 3 rings (SSSR count). The van der Waals surface area contributed by atoms with Gasteiger partial charge in [-0.2, -0.15) is 5.10 Å². The molecule has 1 aromatic carbocycles. The highest BCUT2D eigenvalue weighted by Gasteiger charge is 2.26. The van der Waals surface area contributed by atoms with Crippen LogP contribution in [0.3, 0.4) is 0 Å². The summed E-state index contributed by atoms with van der Waals surface area (Å²) in [5.74, 6) is 0.0239. The molecule has 2 aromatic rings. The number of hydrogen-bond acceptors (Lipinski definition) is 4. The van der Waals surface area contributed by atoms with Gasteiger partial charge in [-0.05, 0) is 19.4 Å². The summed E-state index contributed by atoms with van der Waals surface area (Å²) in [6, 6.07) is 10.2. The third kappa shape index (κ3) is 4.46. The second-order valence-corrected chi connectivity index (χ2v) is 6.59. The highest BCUT2D eigenvalue weighted by Crippen LogP contribution is 2.16. The number of aromatic nitrogens is 2. The van der Waals surface area contributed by atoms with Crippen molar-refractivity contribution in [3.05, 3.63) is 53.3 Å². The molecule has 25 heavy (non-hydrogen) atoms. The molecule has 6 nitrogen and oxygen atoms in total. The van der Waals surface area contributed by atoms with Crippen molar-refractivity contribution in [1.82, 2.24) is 20.0 Å². The molecular formula is C19H26N4O2. The van der Waals surface area contributed by atoms with Gasteiger partial charge in [-0.15, -0.1) is 0 Å². The van der Waals surface area contributed by atoms with Crippen LogP contribution < -0.4 is 0 Å². The van der Waals surface area contributed by atoms with Gasteiger partial charge in [0.05, 0.1) is 25.0 Å². The van der Waals surface area contributed by atoms with E-state index in [1.165, 1.54) is 0 Å². The quantitative estimate of drug-likeness (QED) is 0.873. The van der Waals surface area contributed by atoms with E-state index in [0.717, 1.165) is 44.1 Å². The first-order chi connectivity index (χ1) is 12.1. The van der Waals surface area contributed by atoms with Crippen LogP contribution >= 0.6 is 0 Å². The molecule has 2 heterocycles. The molecule has 1 aromatic heterocycles. The first-order valence-corrected chi connectivity index (χ1v) is 8.80. The molecule has 0 saturated carbocycles. The van der Waals surface area contributed by atoms with Gasteiger partial charge in [-0.3, -0.25) is 14.8 Å². The van der Waals surface area contributed by atoms with Gasteiger partial charge >= 0.3 is 0 Å². The van der Waals surface area contributed by atoms with Gasteiger partial charge in [0.25, 0.3) is 5.91 Å². The average molecular weight is 342 g/mol. The molecule has 1 saturated heterocycles. The number of carbonyl (C=O) groups is 1. The number of morpholine rings is 1. The van der Waals surface area contributed by atoms with Crippen LogP contribution in [-0.4, -0.2) is 64.8 Å². The number of hydrogen-bond donors (Lipinski definition) is 1. The molecule has 6 heteroatoms. The molecule has 1 fully saturated rings. The van der Waals surface area contributed by atoms with Crippen LogP contribution in [0.15, 0.2) is 36.5 Å². The minimum absolute atomic E-state index is 0.0239. The van der Waals surface area contributed by atoms with Crippen LogP contribution in [0.25, 0.3) is 0 Å². The van der Waals surface area contributed by atoms with Crippen molar-refractivity contribution in [2.75, 3.05) is 32.8 Å². The zero-order valence-corrected chi connectivity index (χ0v) is 14.9. The van der Waals surface area contributed by atoms with E-state index in [4.69, 9.17) is 4.74 Å². The number of nitrogens with zero attached hydrogens (tertiary/aromatic N) is 3. The van der Waals surface area contributed by atoms with Crippen LogP contribution in [0.2, 0.25) is 0 Å². The Morgan fingerprint density at radius 3 is 2.68 bits per heavy atom. The fourth-order valence-corrected chi connectivity index (χ4v) is 3.18. The average Bonchev–Trinajstić information content (AvgIpc) is 3.07. The summed E-state index contributed by atoms with van der Waals surface area (Å²) < 4.78 is 5.42. The summed E-state index contributed by atoms with van der Waals surface area (Å²) in [6.45, 7) is 8.80. The Hall–Kier alpha value is -2.18. The largest absolute Gasteiger partial charge is 0.379 e. The van der Waals surface area contributed by atoms with Gasteiger partial charge in [-0.1, -0.05) is 30.3 Å². The highest BCUT2D eigenvalue weighted by atomic mass is 16.5. The van der Waals surface area contributed by atoms with Crippen LogP contribution in [-0.2, 0) is 11.3 Å². The van der Waals surface area contributed by atoms with E-state index in [1.54, 1.807) is 6.20 Å². The number of nitrogens with one attached hydrogen (secondary N) is 1. The summed E-state index contributed by atoms with van der Waals surface area (Å²) >= 11 is 0. The Morgan fingerprint density at radius 2 is 2.04 bits per heavy atom. The van der Waals surface area contributed by atoms with Crippen LogP contribution in [0, 0.1) is 6.92 Å². The number of H-pyrrole nitrogens is 1. The standard InChI is InChI=1S/C19H26N4O2/c1-15(13-22-8-10-25-11-9-22)23(14-17-6-4-3-5-7-17)19(24)18-12-20-21-16(18)2/h3-7,12,15H,8-11,13-14H2,1-2H3,(H,20,21)/t15-/m1/s1. The molecule has 134 valence electrons. The molecule has 0 radical (unpaired) electrons. The smallest absolute Gasteiger partial charge is 0.257 e. The molecule has 0 aliphatic carbocycles. The van der Waals surface area contributed by atoms with Gasteiger partial charge in [-0.25, -0.2) is 0 Å². The van der Waals surface area contributed by atoms with E-state index in [9.17, 15) is 4.79 Å². The van der Waals surface area contributed by atoms with Crippen LogP contribution in [0.1, 0.15) is 28.5 Å². The molecule has 0 unspecified atom stereocenters. The van der Waals surface area contributed by atoms with E-state index in [1.807, 2.05) is 30.0 Å². The summed E-state index contributed by atoms with van der Waals surface area (Å²) in [5, 5.41) is 6.87. The fourth-order valence-electron chi connectivity index (χ4n) is 3.18. The summed E-state index contributed by atoms with van der Waals surface area (Å²) in [7, 11) is 0. The zero-order chi connectivity index (χ0) is 17.6. The van der Waals surface area contributed by atoms with Crippen molar-refractivity contribution in [1.29, 1.82) is 0 Å². The van der Waals surface area contributed by atoms with Crippen molar-refractivity contribution >= 4 is 5.91 Å². The molecule has 1 aliphatic rings. The maximum absolute atomic E-state index is 13.1. The normalized spacial score (nSPS) is 16.6. The van der Waals surface area contributed by atoms with Crippen molar-refractivity contribution in [3.8, 4) is 0 Å². The number of amides is 1.